The van der Waals surface area contributed by atoms with E-state index in [1.807, 2.05) is 65.2 Å². The van der Waals surface area contributed by atoms with Crippen LogP contribution in [0.3, 0.4) is 0 Å². The summed E-state index contributed by atoms with van der Waals surface area (Å²) in [7, 11) is 0. The van der Waals surface area contributed by atoms with Gasteiger partial charge in [-0.3, -0.25) is 9.80 Å². The average molecular weight is 437 g/mol. The molecule has 10 nitrogen and oxygen atoms in total. The molecule has 0 saturated heterocycles. The van der Waals surface area contributed by atoms with Crippen LogP contribution in [0, 0.1) is 0 Å². The van der Waals surface area contributed by atoms with E-state index < -0.39 is 49.1 Å². The van der Waals surface area contributed by atoms with Crippen molar-refractivity contribution < 1.29 is 39.9 Å². The quantitative estimate of drug-likeness (QED) is 0.191. The average Bonchev–Trinajstić information content (AvgIpc) is 2.61. The first kappa shape index (κ1) is 28.7. The lowest BCUT2D eigenvalue weighted by Crippen LogP contribution is -2.62. The van der Waals surface area contributed by atoms with Crippen molar-refractivity contribution in [1.82, 2.24) is 9.80 Å². The van der Waals surface area contributed by atoms with E-state index in [2.05, 4.69) is 0 Å². The Balaban J connectivity index is 5.55. The van der Waals surface area contributed by atoms with E-state index in [9.17, 15) is 30.0 Å². The van der Waals surface area contributed by atoms with Gasteiger partial charge in [0.05, 0.1) is 0 Å². The van der Waals surface area contributed by atoms with Gasteiger partial charge in [0, 0.05) is 24.2 Å². The van der Waals surface area contributed by atoms with E-state index in [1.165, 1.54) is 0 Å². The normalized spacial score (nSPS) is 16.8. The molecule has 0 aromatic rings. The monoisotopic (exact) mass is 436 g/mol. The zero-order chi connectivity index (χ0) is 23.9. The number of aliphatic carboxylic acids is 1. The lowest BCUT2D eigenvalue weighted by molar-refractivity contribution is -0.177. The molecule has 0 aliphatic carbocycles. The standard InChI is InChI=1S/C20H40N2O8/c1-10(2)21(11(3)4)18(22(12(5)6)13(7)8)20(29)30-9-14(23)15(24)16(25)17(26)19(27)28/h10-18,23-26H,9H2,1-8H3,(H,27,28)/t14-,15-,16+,17-/m1/s1. The third-order valence-corrected chi connectivity index (χ3v) is 4.88. The highest BCUT2D eigenvalue weighted by Gasteiger charge is 2.40. The molecule has 0 aromatic carbocycles. The van der Waals surface area contributed by atoms with Crippen molar-refractivity contribution in [2.24, 2.45) is 0 Å². The molecule has 0 rings (SSSR count). The number of carbonyl (C=O) groups excluding carboxylic acids is 1. The molecule has 30 heavy (non-hydrogen) atoms. The number of esters is 1. The molecule has 0 spiro atoms. The van der Waals surface area contributed by atoms with E-state index in [1.54, 1.807) is 0 Å². The topological polar surface area (TPSA) is 151 Å². The molecular weight excluding hydrogens is 396 g/mol. The summed E-state index contributed by atoms with van der Waals surface area (Å²) in [5.74, 6) is -2.39. The summed E-state index contributed by atoms with van der Waals surface area (Å²) in [6.07, 6.45) is -8.98. The zero-order valence-corrected chi connectivity index (χ0v) is 19.3. The van der Waals surface area contributed by atoms with Crippen LogP contribution in [0.25, 0.3) is 0 Å². The fourth-order valence-electron chi connectivity index (χ4n) is 3.62. The van der Waals surface area contributed by atoms with Gasteiger partial charge in [0.15, 0.2) is 12.3 Å². The molecule has 178 valence electrons. The summed E-state index contributed by atoms with van der Waals surface area (Å²) in [5, 5.41) is 47.6. The first-order valence-corrected chi connectivity index (χ1v) is 10.3. The van der Waals surface area contributed by atoms with Gasteiger partial charge in [-0.25, -0.2) is 9.59 Å². The lowest BCUT2D eigenvalue weighted by atomic mass is 10.0. The van der Waals surface area contributed by atoms with Crippen molar-refractivity contribution in [3.05, 3.63) is 0 Å². The van der Waals surface area contributed by atoms with Gasteiger partial charge in [-0.15, -0.1) is 0 Å². The summed E-state index contributed by atoms with van der Waals surface area (Å²) < 4.78 is 5.27. The first-order valence-electron chi connectivity index (χ1n) is 10.3. The van der Waals surface area contributed by atoms with Gasteiger partial charge in [-0.05, 0) is 55.4 Å². The molecule has 0 bridgehead atoms. The Labute approximate surface area is 179 Å². The minimum atomic E-state index is -2.28. The second kappa shape index (κ2) is 12.5. The first-order chi connectivity index (χ1) is 13.6. The van der Waals surface area contributed by atoms with Crippen LogP contribution in [0.4, 0.5) is 0 Å². The van der Waals surface area contributed by atoms with Crippen molar-refractivity contribution >= 4 is 11.9 Å². The summed E-state index contributed by atoms with van der Waals surface area (Å²) >= 11 is 0. The van der Waals surface area contributed by atoms with Crippen molar-refractivity contribution in [2.45, 2.75) is 110 Å². The third-order valence-electron chi connectivity index (χ3n) is 4.88. The molecule has 0 saturated carbocycles. The number of ether oxygens (including phenoxy) is 1. The number of carboxylic acid groups (broad SMARTS) is 1. The highest BCUT2D eigenvalue weighted by atomic mass is 16.5. The Kier molecular flexibility index (Phi) is 12.0. The predicted molar refractivity (Wildman–Crippen MR) is 111 cm³/mol. The minimum Gasteiger partial charge on any atom is -0.479 e. The van der Waals surface area contributed by atoms with Crippen molar-refractivity contribution in [3.8, 4) is 0 Å². The van der Waals surface area contributed by atoms with Gasteiger partial charge >= 0.3 is 11.9 Å². The van der Waals surface area contributed by atoms with Crippen LogP contribution < -0.4 is 0 Å². The van der Waals surface area contributed by atoms with Gasteiger partial charge in [0.1, 0.15) is 24.9 Å². The molecule has 0 aliphatic rings. The highest BCUT2D eigenvalue weighted by molar-refractivity contribution is 5.75. The predicted octanol–water partition coefficient (Wildman–Crippen LogP) is -0.378. The van der Waals surface area contributed by atoms with Crippen molar-refractivity contribution in [2.75, 3.05) is 6.61 Å². The molecule has 0 fully saturated rings. The molecule has 0 amide bonds. The van der Waals surface area contributed by atoms with Gasteiger partial charge in [0.25, 0.3) is 0 Å². The minimum absolute atomic E-state index is 0.00518. The van der Waals surface area contributed by atoms with E-state index in [0.29, 0.717) is 0 Å². The Morgan fingerprint density at radius 2 is 1.10 bits per heavy atom. The summed E-state index contributed by atoms with van der Waals surface area (Å²) in [4.78, 5) is 27.8. The van der Waals surface area contributed by atoms with Crippen LogP contribution >= 0.6 is 0 Å². The Morgan fingerprint density at radius 3 is 1.40 bits per heavy atom. The second-order valence-corrected chi connectivity index (χ2v) is 8.60. The van der Waals surface area contributed by atoms with Gasteiger partial charge in [-0.2, -0.15) is 0 Å². The van der Waals surface area contributed by atoms with Crippen LogP contribution in [0.15, 0.2) is 0 Å². The van der Waals surface area contributed by atoms with Gasteiger partial charge in [0.2, 0.25) is 0 Å². The van der Waals surface area contributed by atoms with E-state index in [4.69, 9.17) is 9.84 Å². The zero-order valence-electron chi connectivity index (χ0n) is 19.3. The Hall–Kier alpha value is -1.30. The maximum atomic E-state index is 13.1. The van der Waals surface area contributed by atoms with Crippen molar-refractivity contribution in [1.29, 1.82) is 0 Å². The number of aliphatic hydroxyl groups excluding tert-OH is 4. The molecule has 0 aromatic heterocycles. The lowest BCUT2D eigenvalue weighted by Gasteiger charge is -2.46. The molecule has 4 atom stereocenters. The third kappa shape index (κ3) is 7.75. The number of carboxylic acids is 1. The highest BCUT2D eigenvalue weighted by Crippen LogP contribution is 2.21. The smallest absolute Gasteiger partial charge is 0.338 e. The molecule has 0 unspecified atom stereocenters. The van der Waals surface area contributed by atoms with Crippen LogP contribution in [-0.4, -0.2) is 109 Å². The van der Waals surface area contributed by atoms with Gasteiger partial charge < -0.3 is 30.3 Å². The van der Waals surface area contributed by atoms with Crippen LogP contribution in [0.1, 0.15) is 55.4 Å². The fraction of sp³-hybridized carbons (Fsp3) is 0.900. The number of nitrogens with zero attached hydrogens (tertiary/aromatic N) is 2. The summed E-state index contributed by atoms with van der Waals surface area (Å²) in [5.41, 5.74) is 0. The SMILES string of the molecule is CC(C)N(C(C)C)C(C(=O)OC[C@@H](O)[C@@H](O)[C@H](O)[C@@H](O)C(=O)O)N(C(C)C)C(C)C. The molecule has 10 heteroatoms. The maximum absolute atomic E-state index is 13.1. The number of hydrogen-bond donors (Lipinski definition) is 5. The number of aliphatic hydroxyl groups is 4. The molecule has 0 aliphatic heterocycles. The molecule has 0 radical (unpaired) electrons. The van der Waals surface area contributed by atoms with E-state index in [-0.39, 0.29) is 24.2 Å². The number of rotatable bonds is 13. The number of carbonyl (C=O) groups is 2. The van der Waals surface area contributed by atoms with Crippen LogP contribution in [0.5, 0.6) is 0 Å². The Bertz CT molecular complexity index is 505. The maximum Gasteiger partial charge on any atom is 0.338 e. The van der Waals surface area contributed by atoms with E-state index >= 15 is 0 Å². The molecule has 0 heterocycles. The molecular formula is C20H40N2O8. The van der Waals surface area contributed by atoms with E-state index in [0.717, 1.165) is 0 Å². The Morgan fingerprint density at radius 1 is 0.733 bits per heavy atom. The van der Waals surface area contributed by atoms with Crippen LogP contribution in [0.2, 0.25) is 0 Å². The van der Waals surface area contributed by atoms with Gasteiger partial charge in [-0.1, -0.05) is 0 Å². The summed E-state index contributed by atoms with van der Waals surface area (Å²) in [6.45, 7) is 15.0. The summed E-state index contributed by atoms with van der Waals surface area (Å²) in [6, 6.07) is 0.0207. The fourth-order valence-corrected chi connectivity index (χ4v) is 3.62. The second-order valence-electron chi connectivity index (χ2n) is 8.60. The number of hydrogen-bond acceptors (Lipinski definition) is 9. The van der Waals surface area contributed by atoms with Crippen molar-refractivity contribution in [3.63, 3.8) is 0 Å². The largest absolute Gasteiger partial charge is 0.479 e. The molecule has 5 N–H and O–H groups in total. The van der Waals surface area contributed by atoms with Crippen LogP contribution in [-0.2, 0) is 14.3 Å².